The number of aliphatic hydroxyl groups is 1. The Morgan fingerprint density at radius 2 is 1.89 bits per heavy atom. The first kappa shape index (κ1) is 16.2. The molecule has 0 aromatic rings. The quantitative estimate of drug-likeness (QED) is 0.477. The normalized spacial score (nSPS) is 19.7. The van der Waals surface area contributed by atoms with Crippen LogP contribution in [0.25, 0.3) is 0 Å². The Hall–Kier alpha value is -1.84. The van der Waals surface area contributed by atoms with E-state index >= 15 is 0 Å². The van der Waals surface area contributed by atoms with Crippen molar-refractivity contribution in [2.45, 2.75) is 18.9 Å². The van der Waals surface area contributed by atoms with E-state index < -0.39 is 11.9 Å². The van der Waals surface area contributed by atoms with Crippen LogP contribution in [0, 0.1) is 12.3 Å². The summed E-state index contributed by atoms with van der Waals surface area (Å²) >= 11 is 0. The van der Waals surface area contributed by atoms with Gasteiger partial charge in [0.1, 0.15) is 0 Å². The minimum Gasteiger partial charge on any atom is -0.478 e. The summed E-state index contributed by atoms with van der Waals surface area (Å²) in [5, 5.41) is 24.8. The second kappa shape index (κ2) is 9.22. The van der Waals surface area contributed by atoms with E-state index in [2.05, 4.69) is 10.8 Å². The summed E-state index contributed by atoms with van der Waals surface area (Å²) in [6.45, 7) is 2.47. The first-order valence-corrected chi connectivity index (χ1v) is 5.43. The molecule has 0 aromatic carbocycles. The number of carboxylic acid groups (broad SMARTS) is 2. The Balaban J connectivity index is 0.000000331. The molecule has 1 atom stereocenters. The Morgan fingerprint density at radius 1 is 1.33 bits per heavy atom. The third kappa shape index (κ3) is 9.39. The average Bonchev–Trinajstić information content (AvgIpc) is 2.28. The predicted octanol–water partition coefficient (Wildman–Crippen LogP) is -0.212. The van der Waals surface area contributed by atoms with Gasteiger partial charge in [-0.05, 0) is 19.4 Å². The number of terminal acetylenes is 1. The van der Waals surface area contributed by atoms with Crippen molar-refractivity contribution in [3.05, 3.63) is 12.2 Å². The molecule has 18 heavy (non-hydrogen) atoms. The molecule has 0 amide bonds. The van der Waals surface area contributed by atoms with Crippen LogP contribution in [0.4, 0.5) is 0 Å². The molecule has 0 aromatic heterocycles. The fourth-order valence-electron chi connectivity index (χ4n) is 1.45. The number of hydrogen-bond donors (Lipinski definition) is 3. The van der Waals surface area contributed by atoms with Crippen LogP contribution in [-0.4, -0.2) is 57.9 Å². The van der Waals surface area contributed by atoms with Gasteiger partial charge in [-0.15, -0.1) is 6.42 Å². The summed E-state index contributed by atoms with van der Waals surface area (Å²) in [6.07, 6.45) is 8.10. The SMILES string of the molecule is C#CCN1CCCC(O)C1.O=C(O)/C=C/C(=O)O. The van der Waals surface area contributed by atoms with Crippen molar-refractivity contribution < 1.29 is 24.9 Å². The molecule has 1 heterocycles. The zero-order valence-electron chi connectivity index (χ0n) is 9.95. The van der Waals surface area contributed by atoms with Crippen molar-refractivity contribution >= 4 is 11.9 Å². The molecule has 3 N–H and O–H groups in total. The van der Waals surface area contributed by atoms with Crippen LogP contribution >= 0.6 is 0 Å². The second-order valence-corrected chi connectivity index (χ2v) is 3.75. The third-order valence-electron chi connectivity index (χ3n) is 2.16. The molecule has 1 aliphatic rings. The minimum atomic E-state index is -1.26. The predicted molar refractivity (Wildman–Crippen MR) is 64.9 cm³/mol. The van der Waals surface area contributed by atoms with E-state index in [1.54, 1.807) is 0 Å². The van der Waals surface area contributed by atoms with E-state index in [0.29, 0.717) is 18.7 Å². The molecule has 0 aliphatic carbocycles. The highest BCUT2D eigenvalue weighted by Crippen LogP contribution is 2.08. The summed E-state index contributed by atoms with van der Waals surface area (Å²) in [4.78, 5) is 21.2. The van der Waals surface area contributed by atoms with Crippen LogP contribution in [0.3, 0.4) is 0 Å². The molecule has 0 bridgehead atoms. The van der Waals surface area contributed by atoms with Gasteiger partial charge in [0, 0.05) is 18.7 Å². The molecule has 0 spiro atoms. The maximum absolute atomic E-state index is 9.55. The molecule has 100 valence electrons. The first-order chi connectivity index (χ1) is 8.45. The second-order valence-electron chi connectivity index (χ2n) is 3.75. The van der Waals surface area contributed by atoms with Gasteiger partial charge in [-0.3, -0.25) is 4.90 Å². The highest BCUT2D eigenvalue weighted by molar-refractivity contribution is 5.89. The first-order valence-electron chi connectivity index (χ1n) is 5.43. The van der Waals surface area contributed by atoms with E-state index in [9.17, 15) is 14.7 Å². The van der Waals surface area contributed by atoms with Crippen LogP contribution in [-0.2, 0) is 9.59 Å². The number of β-amino-alcohol motifs (C(OH)–C–C–N with tert-alkyl or cyclic N) is 1. The Bertz CT molecular complexity index is 329. The third-order valence-corrected chi connectivity index (χ3v) is 2.16. The number of hydrogen-bond acceptors (Lipinski definition) is 4. The number of carbonyl (C=O) groups is 2. The number of rotatable bonds is 3. The lowest BCUT2D eigenvalue weighted by atomic mass is 10.1. The molecule has 6 heteroatoms. The van der Waals surface area contributed by atoms with E-state index in [1.165, 1.54) is 0 Å². The van der Waals surface area contributed by atoms with E-state index in [4.69, 9.17) is 16.6 Å². The fourth-order valence-corrected chi connectivity index (χ4v) is 1.45. The smallest absolute Gasteiger partial charge is 0.328 e. The van der Waals surface area contributed by atoms with E-state index in [-0.39, 0.29) is 6.10 Å². The zero-order chi connectivity index (χ0) is 14.0. The molecular formula is C12H17NO5. The van der Waals surface area contributed by atoms with Crippen molar-refractivity contribution in [3.63, 3.8) is 0 Å². The van der Waals surface area contributed by atoms with Gasteiger partial charge in [-0.25, -0.2) is 9.59 Å². The molecule has 1 aliphatic heterocycles. The number of carboxylic acids is 2. The van der Waals surface area contributed by atoms with Crippen LogP contribution in [0.15, 0.2) is 12.2 Å². The standard InChI is InChI=1S/C8H13NO.C4H4O4/c1-2-5-9-6-3-4-8(10)7-9;5-3(6)1-2-4(7)8/h1,8,10H,3-7H2;1-2H,(H,5,6)(H,7,8)/b;2-1+. The summed E-state index contributed by atoms with van der Waals surface area (Å²) in [5.41, 5.74) is 0. The highest BCUT2D eigenvalue weighted by atomic mass is 16.4. The maximum Gasteiger partial charge on any atom is 0.328 e. The van der Waals surface area contributed by atoms with Gasteiger partial charge in [0.2, 0.25) is 0 Å². The van der Waals surface area contributed by atoms with Crippen LogP contribution in [0.5, 0.6) is 0 Å². The van der Waals surface area contributed by atoms with Gasteiger partial charge < -0.3 is 15.3 Å². The van der Waals surface area contributed by atoms with Crippen molar-refractivity contribution in [2.24, 2.45) is 0 Å². The van der Waals surface area contributed by atoms with Crippen LogP contribution in [0.2, 0.25) is 0 Å². The summed E-state index contributed by atoms with van der Waals surface area (Å²) in [5.74, 6) is 0.0587. The molecule has 6 nitrogen and oxygen atoms in total. The number of nitrogens with zero attached hydrogens (tertiary/aromatic N) is 1. The van der Waals surface area contributed by atoms with Gasteiger partial charge in [0.25, 0.3) is 0 Å². The average molecular weight is 255 g/mol. The summed E-state index contributed by atoms with van der Waals surface area (Å²) in [7, 11) is 0. The molecule has 1 unspecified atom stereocenters. The lowest BCUT2D eigenvalue weighted by Gasteiger charge is -2.27. The van der Waals surface area contributed by atoms with Crippen molar-refractivity contribution in [1.82, 2.24) is 4.90 Å². The Kier molecular flexibility index (Phi) is 8.27. The number of piperidine rings is 1. The number of aliphatic carboxylic acids is 2. The van der Waals surface area contributed by atoms with Crippen LogP contribution in [0.1, 0.15) is 12.8 Å². The van der Waals surface area contributed by atoms with Gasteiger partial charge in [-0.1, -0.05) is 5.92 Å². The van der Waals surface area contributed by atoms with Gasteiger partial charge >= 0.3 is 11.9 Å². The molecule has 1 fully saturated rings. The van der Waals surface area contributed by atoms with Crippen LogP contribution < -0.4 is 0 Å². The monoisotopic (exact) mass is 255 g/mol. The summed E-state index contributed by atoms with van der Waals surface area (Å²) < 4.78 is 0. The Labute approximate surface area is 106 Å². The molecule has 1 saturated heterocycles. The lowest BCUT2D eigenvalue weighted by molar-refractivity contribution is -0.134. The van der Waals surface area contributed by atoms with Crippen molar-refractivity contribution in [2.75, 3.05) is 19.6 Å². The van der Waals surface area contributed by atoms with Gasteiger partial charge in [0.05, 0.1) is 12.6 Å². The number of likely N-dealkylation sites (tertiary alicyclic amines) is 1. The minimum absolute atomic E-state index is 0.151. The lowest BCUT2D eigenvalue weighted by Crippen LogP contribution is -2.38. The van der Waals surface area contributed by atoms with E-state index in [0.717, 1.165) is 25.9 Å². The van der Waals surface area contributed by atoms with Gasteiger partial charge in [0.15, 0.2) is 0 Å². The van der Waals surface area contributed by atoms with Crippen molar-refractivity contribution in [1.29, 1.82) is 0 Å². The van der Waals surface area contributed by atoms with E-state index in [1.807, 2.05) is 0 Å². The topological polar surface area (TPSA) is 98.1 Å². The zero-order valence-corrected chi connectivity index (χ0v) is 9.95. The van der Waals surface area contributed by atoms with Crippen molar-refractivity contribution in [3.8, 4) is 12.3 Å². The number of aliphatic hydroxyl groups excluding tert-OH is 1. The fraction of sp³-hybridized carbons (Fsp3) is 0.500. The highest BCUT2D eigenvalue weighted by Gasteiger charge is 2.15. The molecule has 0 saturated carbocycles. The maximum atomic E-state index is 9.55. The molecule has 1 rings (SSSR count). The summed E-state index contributed by atoms with van der Waals surface area (Å²) in [6, 6.07) is 0. The molecular weight excluding hydrogens is 238 g/mol. The largest absolute Gasteiger partial charge is 0.478 e. The van der Waals surface area contributed by atoms with Gasteiger partial charge in [-0.2, -0.15) is 0 Å². The Morgan fingerprint density at radius 3 is 2.28 bits per heavy atom. The molecule has 0 radical (unpaired) electrons.